The highest BCUT2D eigenvalue weighted by Crippen LogP contribution is 2.28. The number of thiazole rings is 1. The van der Waals surface area contributed by atoms with Crippen LogP contribution >= 0.6 is 11.3 Å². The number of hydrogen-bond acceptors (Lipinski definition) is 4. The summed E-state index contributed by atoms with van der Waals surface area (Å²) in [5, 5.41) is 13.5. The van der Waals surface area contributed by atoms with Crippen molar-refractivity contribution in [1.29, 1.82) is 0 Å². The van der Waals surface area contributed by atoms with Crippen LogP contribution in [0, 0.1) is 11.8 Å². The van der Waals surface area contributed by atoms with Gasteiger partial charge in [-0.1, -0.05) is 0 Å². The number of amides is 1. The molecule has 1 aromatic rings. The van der Waals surface area contributed by atoms with Gasteiger partial charge in [-0.15, -0.1) is 11.3 Å². The summed E-state index contributed by atoms with van der Waals surface area (Å²) in [5.74, 6) is -0.643. The third kappa shape index (κ3) is 3.29. The van der Waals surface area contributed by atoms with Gasteiger partial charge in [0.25, 0.3) is 5.91 Å². The number of nitrogens with zero attached hydrogens (tertiary/aromatic N) is 1. The number of carbonyl (C=O) groups is 2. The Morgan fingerprint density at radius 1 is 1.39 bits per heavy atom. The minimum Gasteiger partial charge on any atom is -0.481 e. The van der Waals surface area contributed by atoms with Gasteiger partial charge in [0.15, 0.2) is 0 Å². The first kappa shape index (κ1) is 13.0. The van der Waals surface area contributed by atoms with Crippen LogP contribution in [0.4, 0.5) is 0 Å². The summed E-state index contributed by atoms with van der Waals surface area (Å²) in [6.45, 7) is 0.614. The normalized spacial score (nSPS) is 23.6. The van der Waals surface area contributed by atoms with Crippen LogP contribution in [-0.4, -0.2) is 28.5 Å². The fourth-order valence-electron chi connectivity index (χ4n) is 2.27. The molecular weight excluding hydrogens is 252 g/mol. The lowest BCUT2D eigenvalue weighted by molar-refractivity contribution is -0.143. The Labute approximate surface area is 109 Å². The Bertz CT molecular complexity index is 411. The van der Waals surface area contributed by atoms with E-state index < -0.39 is 5.97 Å². The quantitative estimate of drug-likeness (QED) is 0.872. The molecule has 0 spiro atoms. The first-order chi connectivity index (χ1) is 8.66. The highest BCUT2D eigenvalue weighted by atomic mass is 32.1. The minimum atomic E-state index is -0.694. The Morgan fingerprint density at radius 3 is 2.67 bits per heavy atom. The lowest BCUT2D eigenvalue weighted by Gasteiger charge is -2.25. The summed E-state index contributed by atoms with van der Waals surface area (Å²) >= 11 is 1.40. The number of rotatable bonds is 4. The van der Waals surface area contributed by atoms with E-state index in [9.17, 15) is 9.59 Å². The molecule has 1 aliphatic carbocycles. The predicted octanol–water partition coefficient (Wildman–Crippen LogP) is 1.76. The molecule has 18 heavy (non-hydrogen) atoms. The lowest BCUT2D eigenvalue weighted by Crippen LogP contribution is -2.32. The van der Waals surface area contributed by atoms with Crippen LogP contribution in [0.25, 0.3) is 0 Å². The molecule has 6 heteroatoms. The van der Waals surface area contributed by atoms with Gasteiger partial charge in [0.05, 0.1) is 11.4 Å². The van der Waals surface area contributed by atoms with Gasteiger partial charge in [0.2, 0.25) is 0 Å². The Balaban J connectivity index is 1.72. The molecular formula is C12H16N2O3S. The number of carbonyl (C=O) groups excluding carboxylic acids is 1. The van der Waals surface area contributed by atoms with Crippen molar-refractivity contribution < 1.29 is 14.7 Å². The number of carboxylic acid groups (broad SMARTS) is 1. The second-order valence-electron chi connectivity index (χ2n) is 4.64. The van der Waals surface area contributed by atoms with E-state index in [2.05, 4.69) is 10.3 Å². The van der Waals surface area contributed by atoms with Crippen molar-refractivity contribution >= 4 is 23.2 Å². The SMILES string of the molecule is O=C(NCC1CCC(C(=O)O)CC1)c1cscn1. The van der Waals surface area contributed by atoms with Gasteiger partial charge in [-0.25, -0.2) is 4.98 Å². The fraction of sp³-hybridized carbons (Fsp3) is 0.583. The molecule has 1 saturated carbocycles. The Kier molecular flexibility index (Phi) is 4.30. The number of nitrogens with one attached hydrogen (secondary N) is 1. The van der Waals surface area contributed by atoms with E-state index >= 15 is 0 Å². The van der Waals surface area contributed by atoms with E-state index in [0.717, 1.165) is 12.8 Å². The zero-order chi connectivity index (χ0) is 13.0. The molecule has 0 radical (unpaired) electrons. The molecule has 0 unspecified atom stereocenters. The minimum absolute atomic E-state index is 0.142. The monoisotopic (exact) mass is 268 g/mol. The van der Waals surface area contributed by atoms with E-state index in [0.29, 0.717) is 31.0 Å². The van der Waals surface area contributed by atoms with Crippen molar-refractivity contribution in [3.63, 3.8) is 0 Å². The first-order valence-corrected chi connectivity index (χ1v) is 7.00. The molecule has 1 fully saturated rings. The molecule has 98 valence electrons. The van der Waals surface area contributed by atoms with Gasteiger partial charge in [0, 0.05) is 11.9 Å². The highest BCUT2D eigenvalue weighted by Gasteiger charge is 2.26. The van der Waals surface area contributed by atoms with E-state index in [1.54, 1.807) is 10.9 Å². The molecule has 1 amide bonds. The first-order valence-electron chi connectivity index (χ1n) is 6.06. The van der Waals surface area contributed by atoms with Crippen molar-refractivity contribution in [3.8, 4) is 0 Å². The zero-order valence-electron chi connectivity index (χ0n) is 9.96. The lowest BCUT2D eigenvalue weighted by atomic mass is 9.82. The highest BCUT2D eigenvalue weighted by molar-refractivity contribution is 7.07. The van der Waals surface area contributed by atoms with E-state index in [4.69, 9.17) is 5.11 Å². The number of hydrogen-bond donors (Lipinski definition) is 2. The average molecular weight is 268 g/mol. The van der Waals surface area contributed by atoms with Crippen molar-refractivity contribution in [2.24, 2.45) is 11.8 Å². The summed E-state index contributed by atoms with van der Waals surface area (Å²) in [4.78, 5) is 26.4. The molecule has 1 aliphatic rings. The summed E-state index contributed by atoms with van der Waals surface area (Å²) in [6, 6.07) is 0. The van der Waals surface area contributed by atoms with Crippen LogP contribution in [0.1, 0.15) is 36.2 Å². The molecule has 0 saturated heterocycles. The van der Waals surface area contributed by atoms with E-state index in [1.807, 2.05) is 0 Å². The van der Waals surface area contributed by atoms with Crippen LogP contribution in [0.3, 0.4) is 0 Å². The van der Waals surface area contributed by atoms with Gasteiger partial charge < -0.3 is 10.4 Å². The molecule has 0 atom stereocenters. The number of aromatic nitrogens is 1. The van der Waals surface area contributed by atoms with Gasteiger partial charge in [-0.3, -0.25) is 9.59 Å². The fourth-order valence-corrected chi connectivity index (χ4v) is 2.80. The maximum atomic E-state index is 11.7. The maximum Gasteiger partial charge on any atom is 0.306 e. The molecule has 5 nitrogen and oxygen atoms in total. The van der Waals surface area contributed by atoms with E-state index in [-0.39, 0.29) is 11.8 Å². The molecule has 2 N–H and O–H groups in total. The third-order valence-corrected chi connectivity index (χ3v) is 4.00. The predicted molar refractivity (Wildman–Crippen MR) is 67.5 cm³/mol. The summed E-state index contributed by atoms with van der Waals surface area (Å²) in [7, 11) is 0. The van der Waals surface area contributed by atoms with Gasteiger partial charge >= 0.3 is 5.97 Å². The van der Waals surface area contributed by atoms with Crippen LogP contribution in [0.5, 0.6) is 0 Å². The van der Waals surface area contributed by atoms with Crippen molar-refractivity contribution in [3.05, 3.63) is 16.6 Å². The zero-order valence-corrected chi connectivity index (χ0v) is 10.8. The van der Waals surface area contributed by atoms with Crippen LogP contribution in [-0.2, 0) is 4.79 Å². The molecule has 0 bridgehead atoms. The molecule has 1 heterocycles. The van der Waals surface area contributed by atoms with Crippen LogP contribution < -0.4 is 5.32 Å². The summed E-state index contributed by atoms with van der Waals surface area (Å²) < 4.78 is 0. The molecule has 2 rings (SSSR count). The molecule has 1 aromatic heterocycles. The van der Waals surface area contributed by atoms with Crippen LogP contribution in [0.15, 0.2) is 10.9 Å². The average Bonchev–Trinajstić information content (AvgIpc) is 2.90. The topological polar surface area (TPSA) is 79.3 Å². The summed E-state index contributed by atoms with van der Waals surface area (Å²) in [5.41, 5.74) is 2.09. The van der Waals surface area contributed by atoms with Gasteiger partial charge in [0.1, 0.15) is 5.69 Å². The smallest absolute Gasteiger partial charge is 0.306 e. The maximum absolute atomic E-state index is 11.7. The van der Waals surface area contributed by atoms with Crippen LogP contribution in [0.2, 0.25) is 0 Å². The summed E-state index contributed by atoms with van der Waals surface area (Å²) in [6.07, 6.45) is 3.17. The molecule has 0 aromatic carbocycles. The van der Waals surface area contributed by atoms with Crippen molar-refractivity contribution in [2.45, 2.75) is 25.7 Å². The van der Waals surface area contributed by atoms with Gasteiger partial charge in [-0.2, -0.15) is 0 Å². The van der Waals surface area contributed by atoms with Gasteiger partial charge in [-0.05, 0) is 31.6 Å². The van der Waals surface area contributed by atoms with Crippen molar-refractivity contribution in [2.75, 3.05) is 6.54 Å². The van der Waals surface area contributed by atoms with Crippen molar-refractivity contribution in [1.82, 2.24) is 10.3 Å². The Morgan fingerprint density at radius 2 is 2.11 bits per heavy atom. The largest absolute Gasteiger partial charge is 0.481 e. The van der Waals surface area contributed by atoms with E-state index in [1.165, 1.54) is 11.3 Å². The Hall–Kier alpha value is -1.43. The second kappa shape index (κ2) is 5.95. The molecule has 0 aliphatic heterocycles. The number of aliphatic carboxylic acids is 1. The second-order valence-corrected chi connectivity index (χ2v) is 5.36. The standard InChI is InChI=1S/C12H16N2O3S/c15-11(10-6-18-7-14-10)13-5-8-1-3-9(4-2-8)12(16)17/h6-9H,1-5H2,(H,13,15)(H,16,17). The number of carboxylic acids is 1. The third-order valence-electron chi connectivity index (χ3n) is 3.41.